The summed E-state index contributed by atoms with van der Waals surface area (Å²) >= 11 is 0. The van der Waals surface area contributed by atoms with Crippen molar-refractivity contribution in [2.24, 2.45) is 23.7 Å². The number of hydrogen-bond acceptors (Lipinski definition) is 3. The van der Waals surface area contributed by atoms with Crippen molar-refractivity contribution in [1.29, 1.82) is 0 Å². The number of carbonyl (C=O) groups excluding carboxylic acids is 1. The molecule has 0 aliphatic heterocycles. The number of carboxylic acid groups (broad SMARTS) is 1. The van der Waals surface area contributed by atoms with Gasteiger partial charge in [0.1, 0.15) is 6.10 Å². The second kappa shape index (κ2) is 4.41. The maximum absolute atomic E-state index is 11.6. The van der Waals surface area contributed by atoms with E-state index in [1.165, 1.54) is 32.1 Å². The molecule has 0 heterocycles. The van der Waals surface area contributed by atoms with Gasteiger partial charge in [-0.25, -0.2) is 9.59 Å². The van der Waals surface area contributed by atoms with Gasteiger partial charge in [0, 0.05) is 12.2 Å². The van der Waals surface area contributed by atoms with Crippen molar-refractivity contribution in [2.75, 3.05) is 0 Å². The highest BCUT2D eigenvalue weighted by atomic mass is 16.5. The molecule has 0 amide bonds. The van der Waals surface area contributed by atoms with Crippen molar-refractivity contribution in [3.05, 3.63) is 12.2 Å². The summed E-state index contributed by atoms with van der Waals surface area (Å²) < 4.78 is 5.50. The van der Waals surface area contributed by atoms with Crippen molar-refractivity contribution >= 4 is 11.9 Å². The predicted octanol–water partition coefficient (Wildman–Crippen LogP) is 2.00. The Bertz CT molecular complexity index is 383. The Morgan fingerprint density at radius 3 is 2.11 bits per heavy atom. The van der Waals surface area contributed by atoms with Crippen molar-refractivity contribution in [1.82, 2.24) is 0 Å². The molecule has 3 aliphatic rings. The van der Waals surface area contributed by atoms with Crippen LogP contribution in [0.15, 0.2) is 12.2 Å². The van der Waals surface area contributed by atoms with Gasteiger partial charge in [-0.3, -0.25) is 0 Å². The van der Waals surface area contributed by atoms with Crippen LogP contribution in [0.4, 0.5) is 0 Å². The minimum absolute atomic E-state index is 0.0474. The van der Waals surface area contributed by atoms with Crippen LogP contribution in [0.3, 0.4) is 0 Å². The molecule has 0 aromatic heterocycles. The highest BCUT2D eigenvalue weighted by Crippen LogP contribution is 2.59. The summed E-state index contributed by atoms with van der Waals surface area (Å²) in [5, 5.41) is 8.48. The van der Waals surface area contributed by atoms with Gasteiger partial charge in [0.15, 0.2) is 0 Å². The van der Waals surface area contributed by atoms with Crippen LogP contribution in [-0.2, 0) is 14.3 Å². The maximum atomic E-state index is 11.6. The summed E-state index contributed by atoms with van der Waals surface area (Å²) in [6.45, 7) is 0. The molecule has 1 N–H and O–H groups in total. The van der Waals surface area contributed by atoms with E-state index in [1.807, 2.05) is 0 Å². The quantitative estimate of drug-likeness (QED) is 0.614. The molecule has 18 heavy (non-hydrogen) atoms. The van der Waals surface area contributed by atoms with E-state index in [4.69, 9.17) is 9.84 Å². The lowest BCUT2D eigenvalue weighted by atomic mass is 9.82. The van der Waals surface area contributed by atoms with E-state index in [9.17, 15) is 9.59 Å². The molecule has 0 radical (unpaired) electrons. The molecule has 98 valence electrons. The van der Waals surface area contributed by atoms with E-state index < -0.39 is 11.9 Å². The molecule has 4 nitrogen and oxygen atoms in total. The fraction of sp³-hybridized carbons (Fsp3) is 0.714. The minimum Gasteiger partial charge on any atom is -0.478 e. The van der Waals surface area contributed by atoms with E-state index in [2.05, 4.69) is 0 Å². The van der Waals surface area contributed by atoms with Crippen LogP contribution in [0.2, 0.25) is 0 Å². The molecule has 0 saturated heterocycles. The average Bonchev–Trinajstić information content (AvgIpc) is 2.98. The third-order valence-electron chi connectivity index (χ3n) is 5.02. The SMILES string of the molecule is O=C(O)/C=C\C(=O)OC1C2CCC1C1CCCC12. The molecule has 0 spiro atoms. The third kappa shape index (κ3) is 1.84. The molecule has 0 aromatic rings. The molecule has 3 rings (SSSR count). The number of aliphatic carboxylic acids is 1. The topological polar surface area (TPSA) is 63.6 Å². The standard InChI is InChI=1S/C14H18O4/c15-12(16)6-7-13(17)18-14-10-4-5-11(14)9-3-1-2-8(9)10/h6-11,14H,1-5H2,(H,15,16)/b7-6-. The summed E-state index contributed by atoms with van der Waals surface area (Å²) in [6.07, 6.45) is 8.15. The lowest BCUT2D eigenvalue weighted by Crippen LogP contribution is -2.23. The van der Waals surface area contributed by atoms with E-state index in [0.717, 1.165) is 24.0 Å². The number of carboxylic acids is 1. The number of ether oxygens (including phenoxy) is 1. The number of rotatable bonds is 3. The molecule has 4 heteroatoms. The Kier molecular flexibility index (Phi) is 2.88. The van der Waals surface area contributed by atoms with Gasteiger partial charge in [0.2, 0.25) is 0 Å². The largest absolute Gasteiger partial charge is 0.478 e. The first kappa shape index (κ1) is 11.8. The van der Waals surface area contributed by atoms with E-state index >= 15 is 0 Å². The van der Waals surface area contributed by atoms with Gasteiger partial charge in [-0.2, -0.15) is 0 Å². The van der Waals surface area contributed by atoms with Gasteiger partial charge in [-0.05, 0) is 49.4 Å². The van der Waals surface area contributed by atoms with E-state index in [0.29, 0.717) is 11.8 Å². The zero-order chi connectivity index (χ0) is 12.7. The number of esters is 1. The third-order valence-corrected chi connectivity index (χ3v) is 5.02. The zero-order valence-electron chi connectivity index (χ0n) is 10.2. The van der Waals surface area contributed by atoms with E-state index in [-0.39, 0.29) is 6.10 Å². The second-order valence-electron chi connectivity index (χ2n) is 5.74. The molecule has 0 aromatic carbocycles. The first-order valence-corrected chi connectivity index (χ1v) is 6.78. The summed E-state index contributed by atoms with van der Waals surface area (Å²) in [4.78, 5) is 21.9. The highest BCUT2D eigenvalue weighted by Gasteiger charge is 2.57. The number of carbonyl (C=O) groups is 2. The average molecular weight is 250 g/mol. The fourth-order valence-corrected chi connectivity index (χ4v) is 4.51. The normalized spacial score (nSPS) is 41.2. The van der Waals surface area contributed by atoms with Gasteiger partial charge in [0.05, 0.1) is 0 Å². The van der Waals surface area contributed by atoms with Gasteiger partial charge < -0.3 is 9.84 Å². The van der Waals surface area contributed by atoms with E-state index in [1.54, 1.807) is 0 Å². The Labute approximate surface area is 106 Å². The lowest BCUT2D eigenvalue weighted by molar-refractivity contribution is -0.146. The van der Waals surface area contributed by atoms with Gasteiger partial charge in [-0.15, -0.1) is 0 Å². The molecule has 4 unspecified atom stereocenters. The van der Waals surface area contributed by atoms with Gasteiger partial charge >= 0.3 is 11.9 Å². The smallest absolute Gasteiger partial charge is 0.331 e. The molecular weight excluding hydrogens is 232 g/mol. The van der Waals surface area contributed by atoms with Crippen molar-refractivity contribution in [3.8, 4) is 0 Å². The van der Waals surface area contributed by atoms with Crippen LogP contribution in [0.25, 0.3) is 0 Å². The number of fused-ring (bicyclic) bond motifs is 5. The van der Waals surface area contributed by atoms with Crippen LogP contribution in [-0.4, -0.2) is 23.1 Å². The Hall–Kier alpha value is -1.32. The molecule has 3 aliphatic carbocycles. The molecule has 3 saturated carbocycles. The van der Waals surface area contributed by atoms with Crippen molar-refractivity contribution < 1.29 is 19.4 Å². The Morgan fingerprint density at radius 1 is 0.944 bits per heavy atom. The monoisotopic (exact) mass is 250 g/mol. The van der Waals surface area contributed by atoms with Crippen LogP contribution >= 0.6 is 0 Å². The molecule has 4 atom stereocenters. The van der Waals surface area contributed by atoms with Crippen molar-refractivity contribution in [2.45, 2.75) is 38.2 Å². The first-order valence-electron chi connectivity index (χ1n) is 6.78. The van der Waals surface area contributed by atoms with Crippen LogP contribution < -0.4 is 0 Å². The number of hydrogen-bond donors (Lipinski definition) is 1. The molecule has 3 fully saturated rings. The summed E-state index contributed by atoms with van der Waals surface area (Å²) in [7, 11) is 0. The Morgan fingerprint density at radius 2 is 1.56 bits per heavy atom. The van der Waals surface area contributed by atoms with Crippen LogP contribution in [0, 0.1) is 23.7 Å². The molecular formula is C14H18O4. The maximum Gasteiger partial charge on any atom is 0.331 e. The second-order valence-corrected chi connectivity index (χ2v) is 5.74. The molecule has 2 bridgehead atoms. The van der Waals surface area contributed by atoms with Gasteiger partial charge in [-0.1, -0.05) is 6.42 Å². The summed E-state index contributed by atoms with van der Waals surface area (Å²) in [6, 6.07) is 0. The minimum atomic E-state index is -1.11. The zero-order valence-corrected chi connectivity index (χ0v) is 10.2. The lowest BCUT2D eigenvalue weighted by Gasteiger charge is -2.22. The van der Waals surface area contributed by atoms with Crippen LogP contribution in [0.1, 0.15) is 32.1 Å². The van der Waals surface area contributed by atoms with Gasteiger partial charge in [0.25, 0.3) is 0 Å². The predicted molar refractivity (Wildman–Crippen MR) is 63.7 cm³/mol. The summed E-state index contributed by atoms with van der Waals surface area (Å²) in [5.74, 6) is 0.960. The van der Waals surface area contributed by atoms with Crippen molar-refractivity contribution in [3.63, 3.8) is 0 Å². The fourth-order valence-electron chi connectivity index (χ4n) is 4.51. The van der Waals surface area contributed by atoms with Crippen LogP contribution in [0.5, 0.6) is 0 Å². The first-order chi connectivity index (χ1) is 8.66. The Balaban J connectivity index is 1.65. The summed E-state index contributed by atoms with van der Waals surface area (Å²) in [5.41, 5.74) is 0. The highest BCUT2D eigenvalue weighted by molar-refractivity contribution is 5.90.